The number of hydrogen-bond acceptors (Lipinski definition) is 4. The van der Waals surface area contributed by atoms with Gasteiger partial charge in [0.1, 0.15) is 5.60 Å². The zero-order valence-corrected chi connectivity index (χ0v) is 12.4. The first-order valence-electron chi connectivity index (χ1n) is 6.93. The molecule has 7 heteroatoms. The van der Waals surface area contributed by atoms with Crippen molar-refractivity contribution in [1.82, 2.24) is 15.5 Å². The monoisotopic (exact) mass is 287 g/mol. The van der Waals surface area contributed by atoms with E-state index >= 15 is 0 Å². The third-order valence-corrected chi connectivity index (χ3v) is 2.96. The fourth-order valence-electron chi connectivity index (χ4n) is 2.05. The summed E-state index contributed by atoms with van der Waals surface area (Å²) in [6.45, 7) is 8.15. The molecule has 1 atom stereocenters. The van der Waals surface area contributed by atoms with E-state index in [1.807, 2.05) is 0 Å². The molecule has 1 heterocycles. The summed E-state index contributed by atoms with van der Waals surface area (Å²) in [5, 5.41) is 14.9. The maximum Gasteiger partial charge on any atom is 0.407 e. The van der Waals surface area contributed by atoms with Crippen LogP contribution in [-0.2, 0) is 4.74 Å². The lowest BCUT2D eigenvalue weighted by Crippen LogP contribution is -2.42. The Labute approximate surface area is 119 Å². The largest absolute Gasteiger partial charge is 0.465 e. The normalized spacial score (nSPS) is 18.6. The fraction of sp³-hybridized carbons (Fsp3) is 0.846. The highest BCUT2D eigenvalue weighted by Crippen LogP contribution is 2.10. The molecule has 0 saturated carbocycles. The Kier molecular flexibility index (Phi) is 6.06. The zero-order valence-electron chi connectivity index (χ0n) is 12.4. The Morgan fingerprint density at radius 1 is 1.45 bits per heavy atom. The van der Waals surface area contributed by atoms with Crippen molar-refractivity contribution in [1.29, 1.82) is 0 Å². The van der Waals surface area contributed by atoms with Gasteiger partial charge in [-0.1, -0.05) is 0 Å². The summed E-state index contributed by atoms with van der Waals surface area (Å²) < 4.78 is 5.09. The van der Waals surface area contributed by atoms with Crippen molar-refractivity contribution in [2.24, 2.45) is 5.92 Å². The van der Waals surface area contributed by atoms with E-state index in [2.05, 4.69) is 10.6 Å². The number of carboxylic acid groups (broad SMARTS) is 1. The van der Waals surface area contributed by atoms with E-state index < -0.39 is 17.8 Å². The minimum Gasteiger partial charge on any atom is -0.465 e. The van der Waals surface area contributed by atoms with Crippen LogP contribution in [0, 0.1) is 5.92 Å². The molecular weight excluding hydrogens is 262 g/mol. The molecule has 1 aliphatic rings. The molecule has 0 bridgehead atoms. The predicted molar refractivity (Wildman–Crippen MR) is 74.8 cm³/mol. The van der Waals surface area contributed by atoms with E-state index in [0.717, 1.165) is 19.5 Å². The van der Waals surface area contributed by atoms with E-state index in [-0.39, 0.29) is 13.1 Å². The number of rotatable bonds is 5. The molecule has 1 fully saturated rings. The standard InChI is InChI=1S/C13H25N3O4/c1-13(2,3)20-11(17)15-6-7-16(12(18)19)9-10-4-5-14-8-10/h10,14H,4-9H2,1-3H3,(H,15,17)(H,18,19). The van der Waals surface area contributed by atoms with E-state index in [1.165, 1.54) is 4.90 Å². The number of amides is 2. The van der Waals surface area contributed by atoms with Crippen molar-refractivity contribution in [3.05, 3.63) is 0 Å². The number of carbonyl (C=O) groups excluding carboxylic acids is 1. The van der Waals surface area contributed by atoms with Gasteiger partial charge in [0.25, 0.3) is 0 Å². The van der Waals surface area contributed by atoms with E-state index in [4.69, 9.17) is 9.84 Å². The first-order valence-corrected chi connectivity index (χ1v) is 6.93. The van der Waals surface area contributed by atoms with E-state index in [9.17, 15) is 9.59 Å². The third kappa shape index (κ3) is 6.60. The Hall–Kier alpha value is -1.50. The highest BCUT2D eigenvalue weighted by molar-refractivity contribution is 5.68. The van der Waals surface area contributed by atoms with Gasteiger partial charge in [0.2, 0.25) is 0 Å². The topological polar surface area (TPSA) is 90.9 Å². The van der Waals surface area contributed by atoms with Crippen LogP contribution in [0.3, 0.4) is 0 Å². The van der Waals surface area contributed by atoms with Gasteiger partial charge >= 0.3 is 12.2 Å². The molecule has 0 aliphatic carbocycles. The summed E-state index contributed by atoms with van der Waals surface area (Å²) in [6.07, 6.45) is -0.489. The molecule has 0 aromatic heterocycles. The number of alkyl carbamates (subject to hydrolysis) is 1. The van der Waals surface area contributed by atoms with Gasteiger partial charge in [-0.15, -0.1) is 0 Å². The molecule has 0 aromatic rings. The van der Waals surface area contributed by atoms with Crippen molar-refractivity contribution < 1.29 is 19.4 Å². The van der Waals surface area contributed by atoms with Gasteiger partial charge in [-0.3, -0.25) is 0 Å². The number of nitrogens with one attached hydrogen (secondary N) is 2. The highest BCUT2D eigenvalue weighted by atomic mass is 16.6. The molecule has 1 unspecified atom stereocenters. The van der Waals surface area contributed by atoms with Crippen LogP contribution in [0.2, 0.25) is 0 Å². The smallest absolute Gasteiger partial charge is 0.407 e. The quantitative estimate of drug-likeness (QED) is 0.704. The van der Waals surface area contributed by atoms with Crippen LogP contribution in [-0.4, -0.2) is 60.5 Å². The molecule has 7 nitrogen and oxygen atoms in total. The Balaban J connectivity index is 2.28. The number of carbonyl (C=O) groups is 2. The van der Waals surface area contributed by atoms with Crippen molar-refractivity contribution in [2.75, 3.05) is 32.7 Å². The molecule has 116 valence electrons. The van der Waals surface area contributed by atoms with Gasteiger partial charge in [0.05, 0.1) is 0 Å². The average molecular weight is 287 g/mol. The van der Waals surface area contributed by atoms with Crippen LogP contribution in [0.25, 0.3) is 0 Å². The average Bonchev–Trinajstić information content (AvgIpc) is 2.77. The van der Waals surface area contributed by atoms with Gasteiger partial charge in [0, 0.05) is 19.6 Å². The number of ether oxygens (including phenoxy) is 1. The molecule has 2 amide bonds. The van der Waals surface area contributed by atoms with Crippen LogP contribution in [0.5, 0.6) is 0 Å². The van der Waals surface area contributed by atoms with Crippen molar-refractivity contribution in [3.8, 4) is 0 Å². The molecular formula is C13H25N3O4. The summed E-state index contributed by atoms with van der Waals surface area (Å²) in [7, 11) is 0. The Morgan fingerprint density at radius 2 is 2.15 bits per heavy atom. The number of nitrogens with zero attached hydrogens (tertiary/aromatic N) is 1. The predicted octanol–water partition coefficient (Wildman–Crippen LogP) is 1.10. The first kappa shape index (κ1) is 16.6. The lowest BCUT2D eigenvalue weighted by Gasteiger charge is -2.23. The summed E-state index contributed by atoms with van der Waals surface area (Å²) in [6, 6.07) is 0. The van der Waals surface area contributed by atoms with E-state index in [0.29, 0.717) is 12.5 Å². The summed E-state index contributed by atoms with van der Waals surface area (Å²) >= 11 is 0. The lowest BCUT2D eigenvalue weighted by atomic mass is 10.1. The molecule has 0 aromatic carbocycles. The number of hydrogen-bond donors (Lipinski definition) is 3. The van der Waals surface area contributed by atoms with Crippen molar-refractivity contribution in [3.63, 3.8) is 0 Å². The minimum atomic E-state index is -0.956. The lowest BCUT2D eigenvalue weighted by molar-refractivity contribution is 0.0519. The van der Waals surface area contributed by atoms with Gasteiger partial charge in [0.15, 0.2) is 0 Å². The van der Waals surface area contributed by atoms with Crippen LogP contribution < -0.4 is 10.6 Å². The van der Waals surface area contributed by atoms with Crippen molar-refractivity contribution in [2.45, 2.75) is 32.8 Å². The van der Waals surface area contributed by atoms with Crippen LogP contribution in [0.4, 0.5) is 9.59 Å². The van der Waals surface area contributed by atoms with Crippen LogP contribution in [0.1, 0.15) is 27.2 Å². The molecule has 3 N–H and O–H groups in total. The molecule has 20 heavy (non-hydrogen) atoms. The van der Waals surface area contributed by atoms with Gasteiger partial charge in [-0.25, -0.2) is 9.59 Å². The second-order valence-corrected chi connectivity index (χ2v) is 6.02. The summed E-state index contributed by atoms with van der Waals surface area (Å²) in [4.78, 5) is 23.9. The Bertz CT molecular complexity index is 335. The maximum absolute atomic E-state index is 11.4. The second kappa shape index (κ2) is 7.33. The van der Waals surface area contributed by atoms with Gasteiger partial charge < -0.3 is 25.4 Å². The van der Waals surface area contributed by atoms with E-state index in [1.54, 1.807) is 20.8 Å². The first-order chi connectivity index (χ1) is 9.28. The maximum atomic E-state index is 11.4. The zero-order chi connectivity index (χ0) is 15.2. The molecule has 1 saturated heterocycles. The van der Waals surface area contributed by atoms with Crippen LogP contribution in [0.15, 0.2) is 0 Å². The summed E-state index contributed by atoms with van der Waals surface area (Å²) in [5.41, 5.74) is -0.550. The molecule has 1 aliphatic heterocycles. The molecule has 0 radical (unpaired) electrons. The fourth-order valence-corrected chi connectivity index (χ4v) is 2.05. The highest BCUT2D eigenvalue weighted by Gasteiger charge is 2.21. The van der Waals surface area contributed by atoms with Crippen molar-refractivity contribution >= 4 is 12.2 Å². The van der Waals surface area contributed by atoms with Crippen LogP contribution >= 0.6 is 0 Å². The third-order valence-electron chi connectivity index (χ3n) is 2.96. The van der Waals surface area contributed by atoms with Gasteiger partial charge in [-0.2, -0.15) is 0 Å². The Morgan fingerprint density at radius 3 is 2.65 bits per heavy atom. The molecule has 0 spiro atoms. The minimum absolute atomic E-state index is 0.251. The second-order valence-electron chi connectivity index (χ2n) is 6.02. The summed E-state index contributed by atoms with van der Waals surface area (Å²) in [5.74, 6) is 0.354. The van der Waals surface area contributed by atoms with Gasteiger partial charge in [-0.05, 0) is 46.2 Å². The SMILES string of the molecule is CC(C)(C)OC(=O)NCCN(CC1CCNC1)C(=O)O. The molecule has 1 rings (SSSR count).